The molecule has 10 nitrogen and oxygen atoms in total. The maximum absolute atomic E-state index is 11.6. The van der Waals surface area contributed by atoms with Gasteiger partial charge in [-0.25, -0.2) is 9.78 Å². The molecular formula is C31H31N5O5. The monoisotopic (exact) mass is 553 g/mol. The highest BCUT2D eigenvalue weighted by molar-refractivity contribution is 5.92. The topological polar surface area (TPSA) is 123 Å². The van der Waals surface area contributed by atoms with Gasteiger partial charge in [0.15, 0.2) is 11.5 Å². The lowest BCUT2D eigenvalue weighted by atomic mass is 9.88. The summed E-state index contributed by atoms with van der Waals surface area (Å²) in [7, 11) is 1.66. The van der Waals surface area contributed by atoms with Crippen molar-refractivity contribution in [3.8, 4) is 17.6 Å². The number of benzene rings is 2. The van der Waals surface area contributed by atoms with Crippen molar-refractivity contribution in [1.29, 1.82) is 5.26 Å². The van der Waals surface area contributed by atoms with E-state index in [-0.39, 0.29) is 5.56 Å². The van der Waals surface area contributed by atoms with Crippen molar-refractivity contribution < 1.29 is 24.1 Å². The number of pyridine rings is 1. The average Bonchev–Trinajstić information content (AvgIpc) is 3.52. The van der Waals surface area contributed by atoms with Crippen molar-refractivity contribution in [2.75, 3.05) is 26.8 Å². The number of carbonyl (C=O) groups is 1. The molecule has 2 aromatic carbocycles. The Labute approximate surface area is 237 Å². The van der Waals surface area contributed by atoms with E-state index in [2.05, 4.69) is 26.6 Å². The normalized spacial score (nSPS) is 19.0. The summed E-state index contributed by atoms with van der Waals surface area (Å²) in [5, 5.41) is 18.6. The predicted molar refractivity (Wildman–Crippen MR) is 150 cm³/mol. The van der Waals surface area contributed by atoms with E-state index in [1.165, 1.54) is 6.20 Å². The number of hydrogen-bond acceptors (Lipinski definition) is 8. The average molecular weight is 554 g/mol. The van der Waals surface area contributed by atoms with Crippen LogP contribution in [0.15, 0.2) is 54.7 Å². The number of nitrogens with zero attached hydrogens (tertiary/aromatic N) is 5. The highest BCUT2D eigenvalue weighted by Crippen LogP contribution is 2.49. The third kappa shape index (κ3) is 5.10. The highest BCUT2D eigenvalue weighted by atomic mass is 16.7. The minimum absolute atomic E-state index is 0.246. The molecule has 1 N–H and O–H groups in total. The fourth-order valence-electron chi connectivity index (χ4n) is 5.76. The van der Waals surface area contributed by atoms with Crippen LogP contribution < -0.4 is 9.47 Å². The smallest absolute Gasteiger partial charge is 0.335 e. The molecule has 210 valence electrons. The van der Waals surface area contributed by atoms with Crippen molar-refractivity contribution in [3.63, 3.8) is 0 Å². The van der Waals surface area contributed by atoms with Crippen LogP contribution in [0.5, 0.6) is 11.5 Å². The molecule has 0 amide bonds. The number of carboxylic acid groups (broad SMARTS) is 1. The first kappa shape index (κ1) is 26.7. The van der Waals surface area contributed by atoms with Gasteiger partial charge in [-0.3, -0.25) is 9.88 Å². The molecule has 0 bridgehead atoms. The summed E-state index contributed by atoms with van der Waals surface area (Å²) in [4.78, 5) is 23.2. The predicted octanol–water partition coefficient (Wildman–Crippen LogP) is 4.67. The van der Waals surface area contributed by atoms with Gasteiger partial charge in [0, 0.05) is 32.3 Å². The first-order valence-corrected chi connectivity index (χ1v) is 13.7. The minimum Gasteiger partial charge on any atom is -0.478 e. The molecule has 0 aliphatic carbocycles. The quantitative estimate of drug-likeness (QED) is 0.332. The zero-order valence-electron chi connectivity index (χ0n) is 23.0. The van der Waals surface area contributed by atoms with Gasteiger partial charge in [0.2, 0.25) is 0 Å². The number of hydrogen-bond donors (Lipinski definition) is 1. The van der Waals surface area contributed by atoms with Gasteiger partial charge >= 0.3 is 5.97 Å². The summed E-state index contributed by atoms with van der Waals surface area (Å²) in [5.74, 6) is 0.661. The van der Waals surface area contributed by atoms with E-state index in [0.717, 1.165) is 54.1 Å². The van der Waals surface area contributed by atoms with Crippen molar-refractivity contribution in [1.82, 2.24) is 19.4 Å². The molecule has 4 heterocycles. The van der Waals surface area contributed by atoms with E-state index in [4.69, 9.17) is 24.5 Å². The van der Waals surface area contributed by atoms with Crippen molar-refractivity contribution >= 4 is 17.0 Å². The zero-order chi connectivity index (χ0) is 28.6. The van der Waals surface area contributed by atoms with Crippen LogP contribution in [0.2, 0.25) is 0 Å². The van der Waals surface area contributed by atoms with Gasteiger partial charge in [-0.1, -0.05) is 12.1 Å². The molecule has 0 saturated carbocycles. The molecule has 1 unspecified atom stereocenters. The number of carboxylic acids is 1. The van der Waals surface area contributed by atoms with E-state index < -0.39 is 11.8 Å². The van der Waals surface area contributed by atoms with E-state index in [0.29, 0.717) is 42.6 Å². The molecule has 6 rings (SSSR count). The van der Waals surface area contributed by atoms with Crippen molar-refractivity contribution in [2.45, 2.75) is 44.6 Å². The summed E-state index contributed by atoms with van der Waals surface area (Å²) >= 11 is 0. The van der Waals surface area contributed by atoms with E-state index in [1.54, 1.807) is 37.4 Å². The lowest BCUT2D eigenvalue weighted by molar-refractivity contribution is -0.0722. The van der Waals surface area contributed by atoms with Gasteiger partial charge in [0.05, 0.1) is 35.3 Å². The maximum atomic E-state index is 11.6. The number of piperidine rings is 1. The molecule has 2 aliphatic rings. The van der Waals surface area contributed by atoms with Crippen LogP contribution in [0.3, 0.4) is 0 Å². The molecule has 1 saturated heterocycles. The molecule has 10 heteroatoms. The second-order valence-electron chi connectivity index (χ2n) is 10.6. The van der Waals surface area contributed by atoms with Crippen LogP contribution in [0, 0.1) is 11.3 Å². The van der Waals surface area contributed by atoms with Crippen LogP contribution in [-0.4, -0.2) is 57.3 Å². The summed E-state index contributed by atoms with van der Waals surface area (Å²) in [6.45, 7) is 5.40. The summed E-state index contributed by atoms with van der Waals surface area (Å²) in [6.07, 6.45) is 3.43. The first-order valence-electron chi connectivity index (χ1n) is 13.7. The standard InChI is InChI=1S/C31H31N5O5/c1-31(27-9-6-20(17-32)18-33-27)40-26-5-3-4-23(29(26)41-31)21-10-12-35(13-11-21)19-28-34-24-8-7-22(30(37)38)16-25(24)36(28)14-15-39-2/h3-9,16,18,21H,10-15,19H2,1-2H3,(H,37,38). The molecular weight excluding hydrogens is 522 g/mol. The summed E-state index contributed by atoms with van der Waals surface area (Å²) in [5.41, 5.74) is 4.07. The molecule has 2 aromatic heterocycles. The number of aromatic nitrogens is 3. The second kappa shape index (κ2) is 10.8. The third-order valence-electron chi connectivity index (χ3n) is 7.95. The van der Waals surface area contributed by atoms with Crippen LogP contribution in [0.4, 0.5) is 0 Å². The van der Waals surface area contributed by atoms with E-state index >= 15 is 0 Å². The van der Waals surface area contributed by atoms with Crippen LogP contribution >= 0.6 is 0 Å². The number of fused-ring (bicyclic) bond motifs is 2. The molecule has 1 atom stereocenters. The van der Waals surface area contributed by atoms with E-state index in [1.807, 2.05) is 19.1 Å². The molecule has 0 spiro atoms. The largest absolute Gasteiger partial charge is 0.478 e. The number of rotatable bonds is 8. The first-order chi connectivity index (χ1) is 19.9. The van der Waals surface area contributed by atoms with E-state index in [9.17, 15) is 9.90 Å². The van der Waals surface area contributed by atoms with Crippen molar-refractivity contribution in [3.05, 3.63) is 82.9 Å². The number of ether oxygens (including phenoxy) is 3. The number of likely N-dealkylation sites (tertiary alicyclic amines) is 1. The summed E-state index contributed by atoms with van der Waals surface area (Å²) in [6, 6.07) is 16.7. The van der Waals surface area contributed by atoms with Gasteiger partial charge < -0.3 is 23.9 Å². The SMILES string of the molecule is COCCn1c(CN2CCC(c3cccc4c3OC(C)(c3ccc(C#N)cn3)O4)CC2)nc2ccc(C(=O)O)cc21. The van der Waals surface area contributed by atoms with Gasteiger partial charge in [-0.05, 0) is 68.2 Å². The molecule has 0 radical (unpaired) electrons. The van der Waals surface area contributed by atoms with Gasteiger partial charge in [0.1, 0.15) is 17.6 Å². The van der Waals surface area contributed by atoms with Crippen LogP contribution in [0.25, 0.3) is 11.0 Å². The fraction of sp³-hybridized carbons (Fsp3) is 0.355. The fourth-order valence-corrected chi connectivity index (χ4v) is 5.76. The Morgan fingerprint density at radius 3 is 2.73 bits per heavy atom. The minimum atomic E-state index is -1.06. The Bertz CT molecular complexity index is 1640. The Balaban J connectivity index is 1.17. The molecule has 41 heavy (non-hydrogen) atoms. The Morgan fingerprint density at radius 2 is 2.02 bits per heavy atom. The molecule has 1 fully saturated rings. The number of aromatic carboxylic acids is 1. The number of methoxy groups -OCH3 is 1. The van der Waals surface area contributed by atoms with Crippen molar-refractivity contribution in [2.24, 2.45) is 0 Å². The van der Waals surface area contributed by atoms with Crippen LogP contribution in [-0.2, 0) is 23.6 Å². The number of nitriles is 1. The zero-order valence-corrected chi connectivity index (χ0v) is 23.0. The highest BCUT2D eigenvalue weighted by Gasteiger charge is 2.42. The lowest BCUT2D eigenvalue weighted by Gasteiger charge is -2.32. The van der Waals surface area contributed by atoms with Gasteiger partial charge in [-0.2, -0.15) is 5.26 Å². The van der Waals surface area contributed by atoms with Crippen LogP contribution in [0.1, 0.15) is 58.7 Å². The lowest BCUT2D eigenvalue weighted by Crippen LogP contribution is -2.34. The number of para-hydroxylation sites is 1. The Hall–Kier alpha value is -4.46. The molecule has 2 aliphatic heterocycles. The Kier molecular flexibility index (Phi) is 7.07. The maximum Gasteiger partial charge on any atom is 0.335 e. The Morgan fingerprint density at radius 1 is 1.20 bits per heavy atom. The summed E-state index contributed by atoms with van der Waals surface area (Å²) < 4.78 is 20.1. The third-order valence-corrected chi connectivity index (χ3v) is 7.95. The van der Waals surface area contributed by atoms with Gasteiger partial charge in [0.25, 0.3) is 5.79 Å². The molecule has 4 aromatic rings. The number of imidazole rings is 1. The second-order valence-corrected chi connectivity index (χ2v) is 10.6. The van der Waals surface area contributed by atoms with Gasteiger partial charge in [-0.15, -0.1) is 0 Å².